The smallest absolute Gasteiger partial charge is 0.388 e. The second-order valence-electron chi connectivity index (χ2n) is 6.11. The molecule has 0 amide bonds. The van der Waals surface area contributed by atoms with Gasteiger partial charge < -0.3 is 40.1 Å². The Bertz CT molecular complexity index is 1180. The monoisotopic (exact) mass is 523 g/mol. The Morgan fingerprint density at radius 2 is 1.94 bits per heavy atom. The Labute approximate surface area is 177 Å². The summed E-state index contributed by atoms with van der Waals surface area (Å²) < 4.78 is 52.6. The summed E-state index contributed by atoms with van der Waals surface area (Å²) in [5, 5.41) is 10.3. The van der Waals surface area contributed by atoms with Crippen molar-refractivity contribution in [3.63, 3.8) is 0 Å². The molecule has 8 N–H and O–H groups in total. The highest BCUT2D eigenvalue weighted by molar-refractivity contribution is 7.71. The molecule has 1 aliphatic heterocycles. The van der Waals surface area contributed by atoms with E-state index in [4.69, 9.17) is 37.4 Å². The Balaban J connectivity index is 1.67. The van der Waals surface area contributed by atoms with Crippen molar-refractivity contribution in [2.24, 2.45) is 0 Å². The van der Waals surface area contributed by atoms with Gasteiger partial charge in [0.2, 0.25) is 5.95 Å². The summed E-state index contributed by atoms with van der Waals surface area (Å²) in [6.45, 7) is -0.709. The maximum Gasteiger partial charge on any atom is 0.490 e. The number of nitrogens with two attached hydrogens (primary N) is 1. The topological polar surface area (TPSA) is 262 Å². The van der Waals surface area contributed by atoms with Gasteiger partial charge in [0, 0.05) is 6.42 Å². The summed E-state index contributed by atoms with van der Waals surface area (Å²) in [4.78, 5) is 46.4. The predicted octanol–water partition coefficient (Wildman–Crippen LogP) is 0.0628. The minimum Gasteiger partial charge on any atom is -0.388 e. The number of fused-ring (bicyclic) bond motifs is 1. The second-order valence-corrected chi connectivity index (χ2v) is 10.9. The molecular formula is C10H16N5O12P3S. The lowest BCUT2D eigenvalue weighted by atomic mass is 10.2. The number of aliphatic hydroxyl groups excluding tert-OH is 1. The van der Waals surface area contributed by atoms with E-state index in [0.29, 0.717) is 0 Å². The van der Waals surface area contributed by atoms with E-state index in [1.807, 2.05) is 0 Å². The Hall–Kier alpha value is -1.10. The molecule has 0 saturated carbocycles. The lowest BCUT2D eigenvalue weighted by molar-refractivity contribution is -0.0481. The molecule has 1 aliphatic rings. The van der Waals surface area contributed by atoms with Crippen molar-refractivity contribution in [1.82, 2.24) is 19.5 Å². The van der Waals surface area contributed by atoms with Crippen molar-refractivity contribution < 1.29 is 56.3 Å². The Morgan fingerprint density at radius 1 is 1.26 bits per heavy atom. The molecule has 0 bridgehead atoms. The van der Waals surface area contributed by atoms with Gasteiger partial charge in [-0.3, -0.25) is 9.09 Å². The molecule has 0 spiro atoms. The van der Waals surface area contributed by atoms with Crippen molar-refractivity contribution in [2.75, 3.05) is 12.3 Å². The van der Waals surface area contributed by atoms with Crippen LogP contribution >= 0.6 is 35.7 Å². The minimum atomic E-state index is -5.63. The van der Waals surface area contributed by atoms with E-state index in [1.54, 1.807) is 0 Å². The number of nitrogen functional groups attached to an aromatic ring is 1. The molecule has 174 valence electrons. The van der Waals surface area contributed by atoms with Gasteiger partial charge in [-0.25, -0.2) is 18.7 Å². The number of phosphoric ester groups is 1. The molecule has 5 atom stereocenters. The van der Waals surface area contributed by atoms with E-state index in [0.717, 1.165) is 0 Å². The second kappa shape index (κ2) is 8.68. The summed E-state index contributed by atoms with van der Waals surface area (Å²) in [5.74, 6) is -0.00375. The lowest BCUT2D eigenvalue weighted by Gasteiger charge is -2.19. The van der Waals surface area contributed by atoms with E-state index in [-0.39, 0.29) is 28.2 Å². The van der Waals surface area contributed by atoms with Gasteiger partial charge in [0.25, 0.3) is 0 Å². The molecule has 3 rings (SSSR count). The molecule has 31 heavy (non-hydrogen) atoms. The van der Waals surface area contributed by atoms with Crippen LogP contribution in [0, 0.1) is 4.64 Å². The van der Waals surface area contributed by atoms with E-state index >= 15 is 0 Å². The van der Waals surface area contributed by atoms with Crippen LogP contribution in [-0.2, 0) is 31.6 Å². The van der Waals surface area contributed by atoms with Gasteiger partial charge in [0.1, 0.15) is 16.3 Å². The Morgan fingerprint density at radius 3 is 2.58 bits per heavy atom. The zero-order valence-corrected chi connectivity index (χ0v) is 18.5. The van der Waals surface area contributed by atoms with Crippen molar-refractivity contribution in [3.8, 4) is 0 Å². The first-order valence-electron chi connectivity index (χ1n) is 8.00. The number of hydrogen-bond donors (Lipinski definition) is 7. The predicted molar refractivity (Wildman–Crippen MR) is 101 cm³/mol. The highest BCUT2D eigenvalue weighted by Gasteiger charge is 2.42. The molecule has 3 heterocycles. The van der Waals surface area contributed by atoms with Crippen LogP contribution in [-0.4, -0.2) is 63.0 Å². The molecule has 0 aliphatic carbocycles. The van der Waals surface area contributed by atoms with E-state index in [2.05, 4.69) is 28.1 Å². The van der Waals surface area contributed by atoms with Crippen LogP contribution in [0.1, 0.15) is 12.6 Å². The average molecular weight is 523 g/mol. The molecule has 2 aromatic rings. The number of aliphatic hydroxyl groups is 1. The Kier molecular flexibility index (Phi) is 6.87. The SMILES string of the molecule is Nc1nc2c(ncn2[C@@H]2O[C@H](COP(=O)(O)OP(=O)(O)OP(=O)(O)O)C[C@H]2O)c(=S)[nH]1. The number of aromatic nitrogens is 4. The van der Waals surface area contributed by atoms with Crippen LogP contribution in [0.5, 0.6) is 0 Å². The van der Waals surface area contributed by atoms with Gasteiger partial charge in [-0.15, -0.1) is 0 Å². The molecule has 0 aromatic carbocycles. The van der Waals surface area contributed by atoms with Crippen molar-refractivity contribution >= 4 is 52.8 Å². The summed E-state index contributed by atoms with van der Waals surface area (Å²) in [6.07, 6.45) is -2.01. The number of ether oxygens (including phenoxy) is 1. The van der Waals surface area contributed by atoms with Crippen LogP contribution in [0.3, 0.4) is 0 Å². The van der Waals surface area contributed by atoms with E-state index in [9.17, 15) is 23.7 Å². The van der Waals surface area contributed by atoms with E-state index in [1.165, 1.54) is 10.9 Å². The van der Waals surface area contributed by atoms with Gasteiger partial charge in [0.05, 0.1) is 19.0 Å². The fourth-order valence-electron chi connectivity index (χ4n) is 2.70. The molecular weight excluding hydrogens is 507 g/mol. The maximum absolute atomic E-state index is 11.8. The van der Waals surface area contributed by atoms with Gasteiger partial charge in [-0.2, -0.15) is 13.6 Å². The lowest BCUT2D eigenvalue weighted by Crippen LogP contribution is -2.19. The number of nitrogens with one attached hydrogen (secondary N) is 1. The fraction of sp³-hybridized carbons (Fsp3) is 0.500. The van der Waals surface area contributed by atoms with Crippen LogP contribution in [0.4, 0.5) is 5.95 Å². The molecule has 1 saturated heterocycles. The zero-order chi connectivity index (χ0) is 23.2. The number of H-pyrrole nitrogens is 1. The first kappa shape index (κ1) is 24.5. The van der Waals surface area contributed by atoms with Crippen LogP contribution in [0.2, 0.25) is 0 Å². The first-order valence-corrected chi connectivity index (χ1v) is 12.9. The molecule has 0 radical (unpaired) electrons. The highest BCUT2D eigenvalue weighted by atomic mass is 32.1. The first-order chi connectivity index (χ1) is 14.2. The number of rotatable bonds is 8. The summed E-state index contributed by atoms with van der Waals surface area (Å²) in [5.41, 5.74) is 6.12. The fourth-order valence-corrected chi connectivity index (χ4v) is 6.00. The number of imidazole rings is 1. The van der Waals surface area contributed by atoms with Crippen molar-refractivity contribution in [1.29, 1.82) is 0 Å². The standard InChI is InChI=1S/C10H16N5O12P3S/c11-10-13-7-6(8(31)14-10)12-3-15(7)9-5(16)1-4(25-9)2-24-29(20,21)27-30(22,23)26-28(17,18)19/h3-5,9,16H,1-2H2,(H,20,21)(H,22,23)(H2,17,18,19)(H3,11,13,14,31)/t4-,5+,9+/m0/s1. The molecule has 2 aromatic heterocycles. The quantitative estimate of drug-likeness (QED) is 0.178. The highest BCUT2D eigenvalue weighted by Crippen LogP contribution is 2.66. The van der Waals surface area contributed by atoms with Crippen molar-refractivity contribution in [2.45, 2.75) is 24.9 Å². The number of aromatic amines is 1. The van der Waals surface area contributed by atoms with Gasteiger partial charge in [-0.05, 0) is 0 Å². The van der Waals surface area contributed by atoms with Gasteiger partial charge in [0.15, 0.2) is 11.9 Å². The maximum atomic E-state index is 11.8. The summed E-state index contributed by atoms with van der Waals surface area (Å²) >= 11 is 5.09. The molecule has 1 fully saturated rings. The van der Waals surface area contributed by atoms with Crippen LogP contribution < -0.4 is 5.73 Å². The number of nitrogens with zero attached hydrogens (tertiary/aromatic N) is 3. The largest absolute Gasteiger partial charge is 0.490 e. The average Bonchev–Trinajstić information content (AvgIpc) is 3.12. The third kappa shape index (κ3) is 6.24. The third-order valence-electron chi connectivity index (χ3n) is 3.73. The number of phosphoric acid groups is 3. The number of hydrogen-bond acceptors (Lipinski definition) is 12. The van der Waals surface area contributed by atoms with Crippen LogP contribution in [0.15, 0.2) is 6.33 Å². The van der Waals surface area contributed by atoms with Crippen molar-refractivity contribution in [3.05, 3.63) is 11.0 Å². The third-order valence-corrected chi connectivity index (χ3v) is 7.83. The molecule has 21 heteroatoms. The van der Waals surface area contributed by atoms with Crippen LogP contribution in [0.25, 0.3) is 11.2 Å². The number of anilines is 1. The van der Waals surface area contributed by atoms with Gasteiger partial charge >= 0.3 is 23.5 Å². The van der Waals surface area contributed by atoms with Gasteiger partial charge in [-0.1, -0.05) is 12.2 Å². The summed E-state index contributed by atoms with van der Waals surface area (Å²) in [7, 11) is -16.4. The normalized spacial score (nSPS) is 26.0. The molecule has 17 nitrogen and oxygen atoms in total. The summed E-state index contributed by atoms with van der Waals surface area (Å²) in [6, 6.07) is 0. The molecule has 2 unspecified atom stereocenters. The minimum absolute atomic E-state index is 0.00375. The zero-order valence-electron chi connectivity index (χ0n) is 15.0. The van der Waals surface area contributed by atoms with E-state index < -0.39 is 48.5 Å².